The maximum Gasteiger partial charge on any atom is 0.349 e. The second-order valence-electron chi connectivity index (χ2n) is 6.07. The number of halogens is 1. The predicted octanol–water partition coefficient (Wildman–Crippen LogP) is 2.47. The molecule has 8 heteroatoms. The first-order valence-electron chi connectivity index (χ1n) is 8.04. The van der Waals surface area contributed by atoms with Crippen LogP contribution in [-0.4, -0.2) is 54.4 Å². The van der Waals surface area contributed by atoms with Gasteiger partial charge in [-0.3, -0.25) is 0 Å². The van der Waals surface area contributed by atoms with E-state index in [1.165, 1.54) is 13.2 Å². The van der Waals surface area contributed by atoms with Crippen LogP contribution in [0.15, 0.2) is 6.07 Å². The maximum atomic E-state index is 11.8. The Morgan fingerprint density at radius 3 is 2.62 bits per heavy atom. The van der Waals surface area contributed by atoms with Crippen LogP contribution in [0.1, 0.15) is 33.6 Å². The number of nitrogens with zero attached hydrogens (tertiary/aromatic N) is 3. The number of carbonyl (C=O) groups is 1. The van der Waals surface area contributed by atoms with Crippen LogP contribution in [-0.2, 0) is 14.3 Å². The van der Waals surface area contributed by atoms with Gasteiger partial charge in [-0.25, -0.2) is 9.78 Å². The molecule has 2 heterocycles. The molecule has 0 aliphatic carbocycles. The van der Waals surface area contributed by atoms with E-state index in [0.717, 1.165) is 32.5 Å². The van der Waals surface area contributed by atoms with Gasteiger partial charge in [0.15, 0.2) is 0 Å². The van der Waals surface area contributed by atoms with E-state index in [9.17, 15) is 4.79 Å². The summed E-state index contributed by atoms with van der Waals surface area (Å²) in [7, 11) is 1.31. The smallest absolute Gasteiger partial charge is 0.349 e. The van der Waals surface area contributed by atoms with Crippen molar-refractivity contribution in [3.05, 3.63) is 11.2 Å². The molecule has 134 valence electrons. The molecule has 1 aliphatic heterocycles. The number of esters is 1. The molecular weight excluding hydrogens is 334 g/mol. The van der Waals surface area contributed by atoms with Crippen molar-refractivity contribution in [1.29, 1.82) is 0 Å². The lowest BCUT2D eigenvalue weighted by molar-refractivity contribution is -0.156. The van der Waals surface area contributed by atoms with E-state index in [-0.39, 0.29) is 17.1 Å². The first kappa shape index (κ1) is 18.7. The first-order valence-corrected chi connectivity index (χ1v) is 8.42. The fraction of sp³-hybridized carbons (Fsp3) is 0.688. The third-order valence-corrected chi connectivity index (χ3v) is 4.02. The van der Waals surface area contributed by atoms with Gasteiger partial charge in [-0.1, -0.05) is 11.6 Å². The molecule has 0 spiro atoms. The van der Waals surface area contributed by atoms with E-state index in [1.54, 1.807) is 13.8 Å². The Labute approximate surface area is 147 Å². The minimum absolute atomic E-state index is 0.243. The monoisotopic (exact) mass is 357 g/mol. The van der Waals surface area contributed by atoms with E-state index in [2.05, 4.69) is 9.97 Å². The molecule has 0 amide bonds. The van der Waals surface area contributed by atoms with Crippen molar-refractivity contribution in [3.8, 4) is 5.88 Å². The first-order chi connectivity index (χ1) is 11.4. The second kappa shape index (κ2) is 7.98. The van der Waals surface area contributed by atoms with Gasteiger partial charge in [0.1, 0.15) is 5.15 Å². The lowest BCUT2D eigenvalue weighted by Crippen LogP contribution is -2.40. The summed E-state index contributed by atoms with van der Waals surface area (Å²) in [5.74, 6) is 0.247. The molecule has 0 radical (unpaired) electrons. The van der Waals surface area contributed by atoms with Crippen LogP contribution < -0.4 is 9.64 Å². The van der Waals surface area contributed by atoms with E-state index in [1.807, 2.05) is 11.8 Å². The van der Waals surface area contributed by atoms with E-state index < -0.39 is 11.6 Å². The van der Waals surface area contributed by atoms with Crippen LogP contribution >= 0.6 is 11.6 Å². The largest absolute Gasteiger partial charge is 0.466 e. The third-order valence-electron chi connectivity index (χ3n) is 3.82. The molecule has 1 fully saturated rings. The van der Waals surface area contributed by atoms with Gasteiger partial charge in [-0.2, -0.15) is 4.98 Å². The SMILES string of the molecule is CCOC1CCN(c2nc(Cl)cc(OC(C)(C)C(=O)OC)n2)CC1. The molecule has 1 saturated heterocycles. The third kappa shape index (κ3) is 4.70. The molecule has 7 nitrogen and oxygen atoms in total. The number of anilines is 1. The van der Waals surface area contributed by atoms with E-state index in [0.29, 0.717) is 5.95 Å². The molecule has 0 atom stereocenters. The number of carbonyl (C=O) groups excluding carboxylic acids is 1. The average molecular weight is 358 g/mol. The summed E-state index contributed by atoms with van der Waals surface area (Å²) >= 11 is 6.09. The van der Waals surface area contributed by atoms with E-state index >= 15 is 0 Å². The number of rotatable bonds is 6. The number of hydrogen-bond acceptors (Lipinski definition) is 7. The quantitative estimate of drug-likeness (QED) is 0.572. The Hall–Kier alpha value is -1.60. The molecule has 2 rings (SSSR count). The number of methoxy groups -OCH3 is 1. The number of ether oxygens (including phenoxy) is 3. The molecule has 0 unspecified atom stereocenters. The van der Waals surface area contributed by atoms with Crippen molar-refractivity contribution >= 4 is 23.5 Å². The Bertz CT molecular complexity index is 574. The normalized spacial score (nSPS) is 16.1. The maximum absolute atomic E-state index is 11.8. The van der Waals surface area contributed by atoms with Gasteiger partial charge in [0, 0.05) is 25.8 Å². The van der Waals surface area contributed by atoms with Crippen LogP contribution in [0.4, 0.5) is 5.95 Å². The van der Waals surface area contributed by atoms with Crippen LogP contribution in [0.5, 0.6) is 5.88 Å². The van der Waals surface area contributed by atoms with Crippen molar-refractivity contribution in [1.82, 2.24) is 9.97 Å². The Balaban J connectivity index is 2.10. The Kier molecular flexibility index (Phi) is 6.23. The van der Waals surface area contributed by atoms with Gasteiger partial charge in [-0.05, 0) is 33.6 Å². The summed E-state index contributed by atoms with van der Waals surface area (Å²) in [5, 5.41) is 0.266. The molecule has 24 heavy (non-hydrogen) atoms. The summed E-state index contributed by atoms with van der Waals surface area (Å²) in [6, 6.07) is 1.49. The zero-order valence-electron chi connectivity index (χ0n) is 14.5. The summed E-state index contributed by atoms with van der Waals surface area (Å²) in [6.45, 7) is 7.51. The van der Waals surface area contributed by atoms with Gasteiger partial charge < -0.3 is 19.1 Å². The minimum atomic E-state index is -1.16. The molecule has 0 bridgehead atoms. The predicted molar refractivity (Wildman–Crippen MR) is 90.6 cm³/mol. The van der Waals surface area contributed by atoms with Gasteiger partial charge >= 0.3 is 5.97 Å². The van der Waals surface area contributed by atoms with Gasteiger partial charge in [0.25, 0.3) is 0 Å². The van der Waals surface area contributed by atoms with E-state index in [4.69, 9.17) is 25.8 Å². The minimum Gasteiger partial charge on any atom is -0.466 e. The zero-order valence-corrected chi connectivity index (χ0v) is 15.3. The molecular formula is C16H24ClN3O4. The highest BCUT2D eigenvalue weighted by atomic mass is 35.5. The number of aromatic nitrogens is 2. The summed E-state index contributed by atoms with van der Waals surface area (Å²) in [5.41, 5.74) is -1.16. The van der Waals surface area contributed by atoms with Crippen LogP contribution in [0.25, 0.3) is 0 Å². The van der Waals surface area contributed by atoms with Gasteiger partial charge in [0.2, 0.25) is 17.4 Å². The van der Waals surface area contributed by atoms with Gasteiger partial charge in [0.05, 0.1) is 13.2 Å². The van der Waals surface area contributed by atoms with Crippen LogP contribution in [0.2, 0.25) is 5.15 Å². The summed E-state index contributed by atoms with van der Waals surface area (Å²) in [6.07, 6.45) is 2.10. The fourth-order valence-electron chi connectivity index (χ4n) is 2.59. The second-order valence-corrected chi connectivity index (χ2v) is 6.46. The lowest BCUT2D eigenvalue weighted by Gasteiger charge is -2.32. The van der Waals surface area contributed by atoms with Crippen molar-refractivity contribution in [2.75, 3.05) is 31.7 Å². The Morgan fingerprint density at radius 2 is 2.04 bits per heavy atom. The fourth-order valence-corrected chi connectivity index (χ4v) is 2.76. The Morgan fingerprint density at radius 1 is 1.38 bits per heavy atom. The van der Waals surface area contributed by atoms with Crippen LogP contribution in [0.3, 0.4) is 0 Å². The number of piperidine rings is 1. The summed E-state index contributed by atoms with van der Waals surface area (Å²) in [4.78, 5) is 22.5. The van der Waals surface area contributed by atoms with Gasteiger partial charge in [-0.15, -0.1) is 0 Å². The highest BCUT2D eigenvalue weighted by Crippen LogP contribution is 2.25. The molecule has 0 N–H and O–H groups in total. The standard InChI is InChI=1S/C16H24ClN3O4/c1-5-23-11-6-8-20(9-7-11)15-18-12(17)10-13(19-15)24-16(2,3)14(21)22-4/h10-11H,5-9H2,1-4H3. The molecule has 0 aromatic carbocycles. The zero-order chi connectivity index (χ0) is 17.7. The molecule has 0 saturated carbocycles. The highest BCUT2D eigenvalue weighted by molar-refractivity contribution is 6.29. The lowest BCUT2D eigenvalue weighted by atomic mass is 10.1. The average Bonchev–Trinajstić information content (AvgIpc) is 2.54. The van der Waals surface area contributed by atoms with Crippen molar-refractivity contribution in [2.45, 2.75) is 45.3 Å². The van der Waals surface area contributed by atoms with Crippen molar-refractivity contribution in [2.24, 2.45) is 0 Å². The molecule has 1 aliphatic rings. The molecule has 1 aromatic rings. The summed E-state index contributed by atoms with van der Waals surface area (Å²) < 4.78 is 16.0. The topological polar surface area (TPSA) is 73.8 Å². The number of hydrogen-bond donors (Lipinski definition) is 0. The molecule has 1 aromatic heterocycles. The van der Waals surface area contributed by atoms with Crippen molar-refractivity contribution < 1.29 is 19.0 Å². The van der Waals surface area contributed by atoms with Crippen molar-refractivity contribution in [3.63, 3.8) is 0 Å². The van der Waals surface area contributed by atoms with Crippen LogP contribution in [0, 0.1) is 0 Å². The highest BCUT2D eigenvalue weighted by Gasteiger charge is 2.32.